The summed E-state index contributed by atoms with van der Waals surface area (Å²) >= 11 is 0. The predicted molar refractivity (Wildman–Crippen MR) is 173 cm³/mol. The molecule has 3 aromatic rings. The average molecular weight is 599 g/mol. The highest BCUT2D eigenvalue weighted by molar-refractivity contribution is 5.90. The predicted octanol–water partition coefficient (Wildman–Crippen LogP) is 8.52. The maximum Gasteiger partial charge on any atom is 0.337 e. The number of esters is 1. The Labute approximate surface area is 261 Å². The molecular formula is C38H46O6. The van der Waals surface area contributed by atoms with Crippen molar-refractivity contribution in [2.75, 3.05) is 14.2 Å². The second-order valence-electron chi connectivity index (χ2n) is 14.0. The maximum absolute atomic E-state index is 14.1. The minimum Gasteiger partial charge on any atom is -0.508 e. The van der Waals surface area contributed by atoms with E-state index in [4.69, 9.17) is 18.9 Å². The molecule has 6 rings (SSSR count). The molecule has 234 valence electrons. The van der Waals surface area contributed by atoms with Crippen molar-refractivity contribution in [2.45, 2.75) is 83.8 Å². The van der Waals surface area contributed by atoms with Gasteiger partial charge in [0.2, 0.25) is 0 Å². The van der Waals surface area contributed by atoms with Crippen LogP contribution in [0.25, 0.3) is 10.8 Å². The van der Waals surface area contributed by atoms with E-state index in [1.807, 2.05) is 12.1 Å². The largest absolute Gasteiger partial charge is 0.508 e. The topological polar surface area (TPSA) is 74.2 Å². The molecule has 0 aromatic heterocycles. The minimum absolute atomic E-state index is 0.0247. The van der Waals surface area contributed by atoms with Crippen molar-refractivity contribution < 1.29 is 28.8 Å². The van der Waals surface area contributed by atoms with Crippen LogP contribution in [0.15, 0.2) is 65.9 Å². The molecule has 0 spiro atoms. The van der Waals surface area contributed by atoms with Crippen molar-refractivity contribution in [3.63, 3.8) is 0 Å². The van der Waals surface area contributed by atoms with E-state index in [1.54, 1.807) is 14.2 Å². The van der Waals surface area contributed by atoms with Crippen LogP contribution in [0.2, 0.25) is 0 Å². The zero-order valence-electron chi connectivity index (χ0n) is 27.1. The SMILES string of the molecule is COc1cc(OC)c2c(c1)O[C@@H]1C(O)=C(C(=O)O[C@@H]3C[C@H](C)CC[C@H]3C(C)(C)c3ccc4ccccc4c3)C[C@@H](C(C)C)[C@H]21. The van der Waals surface area contributed by atoms with Crippen LogP contribution >= 0.6 is 0 Å². The fourth-order valence-electron chi connectivity index (χ4n) is 8.09. The number of carbonyl (C=O) groups excluding carboxylic acids is 1. The van der Waals surface area contributed by atoms with Crippen LogP contribution in [-0.4, -0.2) is 37.5 Å². The van der Waals surface area contributed by atoms with Gasteiger partial charge < -0.3 is 24.1 Å². The Morgan fingerprint density at radius 1 is 1.00 bits per heavy atom. The molecule has 0 bridgehead atoms. The molecular weight excluding hydrogens is 552 g/mol. The van der Waals surface area contributed by atoms with Gasteiger partial charge in [0.15, 0.2) is 6.10 Å². The van der Waals surface area contributed by atoms with Gasteiger partial charge in [0.25, 0.3) is 0 Å². The molecule has 6 atom stereocenters. The Bertz CT molecular complexity index is 1590. The molecule has 3 aliphatic rings. The van der Waals surface area contributed by atoms with Crippen LogP contribution in [0.1, 0.15) is 77.3 Å². The molecule has 1 heterocycles. The molecule has 3 aromatic carbocycles. The Morgan fingerprint density at radius 3 is 2.45 bits per heavy atom. The van der Waals surface area contributed by atoms with Crippen LogP contribution in [0.3, 0.4) is 0 Å². The summed E-state index contributed by atoms with van der Waals surface area (Å²) in [7, 11) is 3.24. The van der Waals surface area contributed by atoms with E-state index in [2.05, 4.69) is 77.1 Å². The number of benzene rings is 3. The van der Waals surface area contributed by atoms with Crippen LogP contribution < -0.4 is 14.2 Å². The Morgan fingerprint density at radius 2 is 1.75 bits per heavy atom. The molecule has 2 aliphatic carbocycles. The first kappa shape index (κ1) is 30.4. The number of aliphatic hydroxyl groups is 1. The first-order chi connectivity index (χ1) is 21.0. The lowest BCUT2D eigenvalue weighted by Crippen LogP contribution is -2.44. The van der Waals surface area contributed by atoms with Gasteiger partial charge in [-0.15, -0.1) is 0 Å². The van der Waals surface area contributed by atoms with E-state index < -0.39 is 12.1 Å². The van der Waals surface area contributed by atoms with E-state index in [0.717, 1.165) is 24.8 Å². The summed E-state index contributed by atoms with van der Waals surface area (Å²) in [4.78, 5) is 14.1. The Hall–Kier alpha value is -3.67. The molecule has 0 unspecified atom stereocenters. The van der Waals surface area contributed by atoms with Crippen molar-refractivity contribution >= 4 is 16.7 Å². The summed E-state index contributed by atoms with van der Waals surface area (Å²) in [6, 6.07) is 18.8. The third kappa shape index (κ3) is 5.20. The maximum atomic E-state index is 14.1. The molecule has 44 heavy (non-hydrogen) atoms. The van der Waals surface area contributed by atoms with Crippen LogP contribution in [0, 0.1) is 23.7 Å². The van der Waals surface area contributed by atoms with E-state index >= 15 is 0 Å². The first-order valence-electron chi connectivity index (χ1n) is 16.1. The Kier molecular flexibility index (Phi) is 8.06. The molecule has 1 aliphatic heterocycles. The van der Waals surface area contributed by atoms with E-state index in [9.17, 15) is 9.90 Å². The normalized spacial score (nSPS) is 26.6. The first-order valence-corrected chi connectivity index (χ1v) is 16.1. The number of aliphatic hydroxyl groups excluding tert-OH is 1. The van der Waals surface area contributed by atoms with Gasteiger partial charge >= 0.3 is 5.97 Å². The summed E-state index contributed by atoms with van der Waals surface area (Å²) in [5.74, 6) is 2.21. The van der Waals surface area contributed by atoms with Gasteiger partial charge in [-0.25, -0.2) is 4.79 Å². The van der Waals surface area contributed by atoms with Gasteiger partial charge in [-0.2, -0.15) is 0 Å². The fraction of sp³-hybridized carbons (Fsp3) is 0.500. The zero-order chi connectivity index (χ0) is 31.3. The van der Waals surface area contributed by atoms with Crippen molar-refractivity contribution in [1.82, 2.24) is 0 Å². The molecule has 6 nitrogen and oxygen atoms in total. The smallest absolute Gasteiger partial charge is 0.337 e. The summed E-state index contributed by atoms with van der Waals surface area (Å²) in [5.41, 5.74) is 2.30. The standard InChI is InChI=1S/C38H46O6/c1-21(2)27-20-28(35(39)36-33(27)34-31(42-7)18-26(41-6)19-32(34)43-36)37(40)44-30-16-22(3)12-15-29(30)38(4,5)25-14-13-23-10-8-9-11-24(23)17-25/h8-11,13-14,17-19,21-22,27,29-30,33,36,39H,12,15-16,20H2,1-7H3/t22-,27+,29-,30-,33-,36+/m1/s1. The molecule has 1 saturated carbocycles. The minimum atomic E-state index is -0.676. The number of fused-ring (bicyclic) bond motifs is 4. The Balaban J connectivity index is 1.31. The molecule has 1 N–H and O–H groups in total. The van der Waals surface area contributed by atoms with Gasteiger partial charge in [-0.1, -0.05) is 83.5 Å². The number of carbonyl (C=O) groups is 1. The lowest BCUT2D eigenvalue weighted by Gasteiger charge is -2.44. The highest BCUT2D eigenvalue weighted by Crippen LogP contribution is 2.56. The van der Waals surface area contributed by atoms with Crippen molar-refractivity contribution in [3.05, 3.63) is 77.1 Å². The number of hydrogen-bond acceptors (Lipinski definition) is 6. The lowest BCUT2D eigenvalue weighted by molar-refractivity contribution is -0.152. The van der Waals surface area contributed by atoms with Gasteiger partial charge in [-0.05, 0) is 58.8 Å². The van der Waals surface area contributed by atoms with Gasteiger partial charge in [0, 0.05) is 29.5 Å². The van der Waals surface area contributed by atoms with E-state index in [-0.39, 0.29) is 40.9 Å². The number of hydrogen-bond donors (Lipinski definition) is 1. The third-order valence-electron chi connectivity index (χ3n) is 10.8. The highest BCUT2D eigenvalue weighted by atomic mass is 16.5. The van der Waals surface area contributed by atoms with Crippen LogP contribution in [0.4, 0.5) is 0 Å². The third-order valence-corrected chi connectivity index (χ3v) is 10.8. The number of ether oxygens (including phenoxy) is 4. The van der Waals surface area contributed by atoms with Gasteiger partial charge in [0.05, 0.1) is 19.8 Å². The summed E-state index contributed by atoms with van der Waals surface area (Å²) < 4.78 is 24.0. The van der Waals surface area contributed by atoms with Gasteiger partial charge in [0.1, 0.15) is 29.1 Å². The molecule has 6 heteroatoms. The summed E-state index contributed by atoms with van der Waals surface area (Å²) in [5, 5.41) is 14.1. The summed E-state index contributed by atoms with van der Waals surface area (Å²) in [6.07, 6.45) is 2.37. The quantitative estimate of drug-likeness (QED) is 0.275. The molecule has 1 fully saturated rings. The van der Waals surface area contributed by atoms with Crippen LogP contribution in [0.5, 0.6) is 17.2 Å². The highest BCUT2D eigenvalue weighted by Gasteiger charge is 2.51. The number of methoxy groups -OCH3 is 2. The van der Waals surface area contributed by atoms with Crippen LogP contribution in [-0.2, 0) is 14.9 Å². The fourth-order valence-corrected chi connectivity index (χ4v) is 8.09. The lowest BCUT2D eigenvalue weighted by atomic mass is 9.64. The van der Waals surface area contributed by atoms with E-state index in [0.29, 0.717) is 35.2 Å². The average Bonchev–Trinajstić information content (AvgIpc) is 3.40. The molecule has 0 radical (unpaired) electrons. The molecule has 0 amide bonds. The monoisotopic (exact) mass is 598 g/mol. The zero-order valence-corrected chi connectivity index (χ0v) is 27.1. The van der Waals surface area contributed by atoms with Gasteiger partial charge in [-0.3, -0.25) is 0 Å². The second-order valence-corrected chi connectivity index (χ2v) is 14.0. The van der Waals surface area contributed by atoms with Crippen molar-refractivity contribution in [1.29, 1.82) is 0 Å². The molecule has 0 saturated heterocycles. The second kappa shape index (κ2) is 11.7. The number of rotatable bonds is 7. The van der Waals surface area contributed by atoms with Crippen molar-refractivity contribution in [3.8, 4) is 17.2 Å². The van der Waals surface area contributed by atoms with Crippen molar-refractivity contribution in [2.24, 2.45) is 23.7 Å². The summed E-state index contributed by atoms with van der Waals surface area (Å²) in [6.45, 7) is 11.1. The van der Waals surface area contributed by atoms with E-state index in [1.165, 1.54) is 16.3 Å².